The van der Waals surface area contributed by atoms with Gasteiger partial charge in [-0.1, -0.05) is 26.2 Å². The van der Waals surface area contributed by atoms with Gasteiger partial charge in [-0.3, -0.25) is 4.79 Å². The van der Waals surface area contributed by atoms with Crippen molar-refractivity contribution in [3.8, 4) is 0 Å². The summed E-state index contributed by atoms with van der Waals surface area (Å²) in [5.74, 6) is 1.78. The van der Waals surface area contributed by atoms with Crippen LogP contribution in [-0.2, 0) is 29.5 Å². The minimum Gasteiger partial charge on any atom is -0.460 e. The van der Waals surface area contributed by atoms with Crippen molar-refractivity contribution in [2.75, 3.05) is 0 Å². The molecule has 1 N–H and O–H groups in total. The number of carbonyl (C=O) groups excluding carboxylic acids is 1. The Hall–Kier alpha value is -1.43. The van der Waals surface area contributed by atoms with E-state index in [1.54, 1.807) is 0 Å². The third-order valence-corrected chi connectivity index (χ3v) is 4.71. The maximum atomic E-state index is 12.4. The Morgan fingerprint density at radius 3 is 2.38 bits per heavy atom. The molecule has 2 rings (SSSR count). The summed E-state index contributed by atoms with van der Waals surface area (Å²) in [7, 11) is 2.00. The van der Waals surface area contributed by atoms with E-state index in [0.29, 0.717) is 13.0 Å². The maximum Gasteiger partial charge on any atom is 0.308 e. The second-order valence-electron chi connectivity index (χ2n) is 7.90. The molecule has 0 amide bonds. The predicted octanol–water partition coefficient (Wildman–Crippen LogP) is 2.90. The van der Waals surface area contributed by atoms with Crippen LogP contribution >= 0.6 is 0 Å². The van der Waals surface area contributed by atoms with Gasteiger partial charge in [0.25, 0.3) is 0 Å². The van der Waals surface area contributed by atoms with Gasteiger partial charge in [0.2, 0.25) is 0 Å². The Morgan fingerprint density at radius 2 is 1.83 bits per heavy atom. The van der Waals surface area contributed by atoms with Gasteiger partial charge in [0.15, 0.2) is 0 Å². The molecule has 0 spiro atoms. The zero-order valence-corrected chi connectivity index (χ0v) is 15.8. The number of carbonyl (C=O) groups is 1. The Morgan fingerprint density at radius 1 is 1.21 bits per heavy atom. The first-order valence-corrected chi connectivity index (χ1v) is 9.09. The van der Waals surface area contributed by atoms with Crippen LogP contribution in [-0.4, -0.2) is 31.9 Å². The molecular formula is C18H32N4O2. The van der Waals surface area contributed by atoms with E-state index in [2.05, 4.69) is 22.4 Å². The van der Waals surface area contributed by atoms with Crippen LogP contribution in [0.2, 0.25) is 0 Å². The number of hydrogen-bond acceptors (Lipinski definition) is 5. The van der Waals surface area contributed by atoms with Crippen LogP contribution in [0.4, 0.5) is 0 Å². The van der Waals surface area contributed by atoms with Gasteiger partial charge in [0.05, 0.1) is 13.0 Å². The number of aryl methyl sites for hydroxylation is 1. The number of nitrogens with one attached hydrogen (secondary N) is 1. The number of esters is 1. The van der Waals surface area contributed by atoms with Crippen LogP contribution in [0.3, 0.4) is 0 Å². The highest BCUT2D eigenvalue weighted by molar-refractivity contribution is 5.71. The third-order valence-electron chi connectivity index (χ3n) is 4.71. The lowest BCUT2D eigenvalue weighted by molar-refractivity contribution is -0.157. The molecule has 1 aromatic rings. The molecule has 0 aromatic carbocycles. The van der Waals surface area contributed by atoms with E-state index >= 15 is 0 Å². The van der Waals surface area contributed by atoms with Gasteiger partial charge in [0.1, 0.15) is 17.2 Å². The van der Waals surface area contributed by atoms with Crippen molar-refractivity contribution in [3.63, 3.8) is 0 Å². The smallest absolute Gasteiger partial charge is 0.308 e. The summed E-state index contributed by atoms with van der Waals surface area (Å²) in [5.41, 5.74) is -0.620. The second-order valence-corrected chi connectivity index (χ2v) is 7.90. The fourth-order valence-electron chi connectivity index (χ4n) is 3.43. The first-order chi connectivity index (χ1) is 11.2. The molecular weight excluding hydrogens is 304 g/mol. The van der Waals surface area contributed by atoms with Crippen molar-refractivity contribution in [2.24, 2.45) is 7.05 Å². The summed E-state index contributed by atoms with van der Waals surface area (Å²) in [6.45, 7) is 8.45. The predicted molar refractivity (Wildman–Crippen MR) is 93.5 cm³/mol. The Bertz CT molecular complexity index is 554. The van der Waals surface area contributed by atoms with Crippen LogP contribution in [0, 0.1) is 0 Å². The fraction of sp³-hybridized carbons (Fsp3) is 0.833. The SMILES string of the molecule is CCc1nnc(CNC2(CC(=O)OC(C)(C)C)CCCCC2)n1C. The normalized spacial score (nSPS) is 17.7. The molecule has 6 heteroatoms. The summed E-state index contributed by atoms with van der Waals surface area (Å²) >= 11 is 0. The monoisotopic (exact) mass is 336 g/mol. The lowest BCUT2D eigenvalue weighted by atomic mass is 9.79. The zero-order chi connectivity index (χ0) is 17.8. The minimum atomic E-state index is -0.438. The fourth-order valence-corrected chi connectivity index (χ4v) is 3.43. The molecule has 0 unspecified atom stereocenters. The molecule has 1 aromatic heterocycles. The van der Waals surface area contributed by atoms with Gasteiger partial charge in [0, 0.05) is 19.0 Å². The van der Waals surface area contributed by atoms with E-state index in [1.807, 2.05) is 32.4 Å². The van der Waals surface area contributed by atoms with Crippen molar-refractivity contribution in [1.82, 2.24) is 20.1 Å². The Labute approximate surface area is 145 Å². The first-order valence-electron chi connectivity index (χ1n) is 9.09. The maximum absolute atomic E-state index is 12.4. The van der Waals surface area contributed by atoms with E-state index in [-0.39, 0.29) is 11.5 Å². The van der Waals surface area contributed by atoms with Crippen LogP contribution in [0.15, 0.2) is 0 Å². The van der Waals surface area contributed by atoms with Crippen molar-refractivity contribution >= 4 is 5.97 Å². The van der Waals surface area contributed by atoms with Gasteiger partial charge in [-0.2, -0.15) is 0 Å². The summed E-state index contributed by atoms with van der Waals surface area (Å²) < 4.78 is 7.59. The van der Waals surface area contributed by atoms with E-state index in [9.17, 15) is 4.79 Å². The van der Waals surface area contributed by atoms with E-state index in [1.165, 1.54) is 6.42 Å². The quantitative estimate of drug-likeness (QED) is 0.809. The van der Waals surface area contributed by atoms with E-state index < -0.39 is 5.60 Å². The molecule has 1 saturated carbocycles. The number of nitrogens with zero attached hydrogens (tertiary/aromatic N) is 3. The van der Waals surface area contributed by atoms with Crippen molar-refractivity contribution in [2.45, 2.75) is 90.3 Å². The molecule has 0 atom stereocenters. The van der Waals surface area contributed by atoms with Gasteiger partial charge in [-0.15, -0.1) is 10.2 Å². The number of rotatable bonds is 6. The number of ether oxygens (including phenoxy) is 1. The van der Waals surface area contributed by atoms with Crippen LogP contribution in [0.1, 0.15) is 77.9 Å². The van der Waals surface area contributed by atoms with Crippen LogP contribution in [0.25, 0.3) is 0 Å². The lowest BCUT2D eigenvalue weighted by Gasteiger charge is -2.38. The zero-order valence-electron chi connectivity index (χ0n) is 15.8. The molecule has 6 nitrogen and oxygen atoms in total. The van der Waals surface area contributed by atoms with Crippen molar-refractivity contribution in [1.29, 1.82) is 0 Å². The third kappa shape index (κ3) is 5.03. The van der Waals surface area contributed by atoms with Crippen molar-refractivity contribution in [3.05, 3.63) is 11.6 Å². The minimum absolute atomic E-state index is 0.121. The Balaban J connectivity index is 2.04. The standard InChI is InChI=1S/C18H32N4O2/c1-6-14-20-21-15(22(14)5)13-19-18(10-8-7-9-11-18)12-16(23)24-17(2,3)4/h19H,6-13H2,1-5H3. The topological polar surface area (TPSA) is 69.0 Å². The van der Waals surface area contributed by atoms with Crippen molar-refractivity contribution < 1.29 is 9.53 Å². The number of aromatic nitrogens is 3. The lowest BCUT2D eigenvalue weighted by Crippen LogP contribution is -2.49. The average molecular weight is 336 g/mol. The Kier molecular flexibility index (Phi) is 6.01. The molecule has 0 bridgehead atoms. The van der Waals surface area contributed by atoms with Crippen LogP contribution < -0.4 is 5.32 Å². The highest BCUT2D eigenvalue weighted by atomic mass is 16.6. The average Bonchev–Trinajstić information content (AvgIpc) is 2.84. The summed E-state index contributed by atoms with van der Waals surface area (Å²) in [4.78, 5) is 12.4. The van der Waals surface area contributed by atoms with Crippen LogP contribution in [0.5, 0.6) is 0 Å². The van der Waals surface area contributed by atoms with E-state index in [4.69, 9.17) is 4.74 Å². The molecule has 1 fully saturated rings. The summed E-state index contributed by atoms with van der Waals surface area (Å²) in [5, 5.41) is 12.1. The van der Waals surface area contributed by atoms with Gasteiger partial charge in [-0.05, 0) is 33.6 Å². The summed E-state index contributed by atoms with van der Waals surface area (Å²) in [6, 6.07) is 0. The molecule has 24 heavy (non-hydrogen) atoms. The molecule has 1 heterocycles. The van der Waals surface area contributed by atoms with Gasteiger partial charge in [-0.25, -0.2) is 0 Å². The van der Waals surface area contributed by atoms with Gasteiger partial charge < -0.3 is 14.6 Å². The highest BCUT2D eigenvalue weighted by Crippen LogP contribution is 2.32. The number of hydrogen-bond donors (Lipinski definition) is 1. The molecule has 0 radical (unpaired) electrons. The summed E-state index contributed by atoms with van der Waals surface area (Å²) in [6.07, 6.45) is 6.83. The molecule has 1 aliphatic rings. The molecule has 0 saturated heterocycles. The molecule has 1 aliphatic carbocycles. The van der Waals surface area contributed by atoms with E-state index in [0.717, 1.165) is 43.8 Å². The highest BCUT2D eigenvalue weighted by Gasteiger charge is 2.35. The van der Waals surface area contributed by atoms with Gasteiger partial charge >= 0.3 is 5.97 Å². The molecule has 136 valence electrons. The molecule has 0 aliphatic heterocycles. The largest absolute Gasteiger partial charge is 0.460 e. The second kappa shape index (κ2) is 7.64. The first kappa shape index (κ1) is 18.9.